The highest BCUT2D eigenvalue weighted by atomic mass is 16.4. The van der Waals surface area contributed by atoms with Crippen molar-refractivity contribution in [3.63, 3.8) is 0 Å². The van der Waals surface area contributed by atoms with Crippen molar-refractivity contribution >= 4 is 5.97 Å². The van der Waals surface area contributed by atoms with Gasteiger partial charge in [0.25, 0.3) is 0 Å². The van der Waals surface area contributed by atoms with E-state index >= 15 is 0 Å². The number of hydrogen-bond donors (Lipinski definition) is 1. The summed E-state index contributed by atoms with van der Waals surface area (Å²) in [6, 6.07) is 3.94. The van der Waals surface area contributed by atoms with E-state index in [1.165, 1.54) is 93.7 Å². The Hall–Kier alpha value is -1.31. The second-order valence-electron chi connectivity index (χ2n) is 8.01. The van der Waals surface area contributed by atoms with Gasteiger partial charge in [0.15, 0.2) is 0 Å². The fourth-order valence-corrected chi connectivity index (χ4v) is 3.90. The highest BCUT2D eigenvalue weighted by Crippen LogP contribution is 2.25. The van der Waals surface area contributed by atoms with Crippen molar-refractivity contribution in [2.75, 3.05) is 0 Å². The molecule has 0 aliphatic rings. The molecule has 0 heterocycles. The molecule has 2 heteroatoms. The molecule has 0 aliphatic heterocycles. The van der Waals surface area contributed by atoms with Crippen LogP contribution in [-0.2, 0) is 19.3 Å². The summed E-state index contributed by atoms with van der Waals surface area (Å²) in [4.78, 5) is 11.7. The predicted molar refractivity (Wildman–Crippen MR) is 117 cm³/mol. The molecule has 0 bridgehead atoms. The van der Waals surface area contributed by atoms with Gasteiger partial charge in [0.1, 0.15) is 0 Å². The molecule has 154 valence electrons. The summed E-state index contributed by atoms with van der Waals surface area (Å²) in [5.41, 5.74) is 4.59. The number of carbonyl (C=O) groups is 1. The molecule has 0 aliphatic carbocycles. The molecule has 1 rings (SSSR count). The van der Waals surface area contributed by atoms with E-state index in [4.69, 9.17) is 0 Å². The Morgan fingerprint density at radius 2 is 1.07 bits per heavy atom. The van der Waals surface area contributed by atoms with Gasteiger partial charge in [-0.3, -0.25) is 0 Å². The number of carboxylic acids is 1. The van der Waals surface area contributed by atoms with Crippen LogP contribution in [0.15, 0.2) is 12.1 Å². The lowest BCUT2D eigenvalue weighted by Crippen LogP contribution is -2.07. The maximum absolute atomic E-state index is 11.7. The summed E-state index contributed by atoms with van der Waals surface area (Å²) in [7, 11) is 0. The lowest BCUT2D eigenvalue weighted by atomic mass is 9.88. The van der Waals surface area contributed by atoms with Crippen molar-refractivity contribution in [2.24, 2.45) is 0 Å². The minimum absolute atomic E-state index is 0.489. The Labute approximate surface area is 167 Å². The number of aromatic carboxylic acids is 1. The van der Waals surface area contributed by atoms with Crippen LogP contribution in [0.2, 0.25) is 0 Å². The first kappa shape index (κ1) is 23.7. The maximum atomic E-state index is 11.7. The van der Waals surface area contributed by atoms with Crippen LogP contribution < -0.4 is 0 Å². The summed E-state index contributed by atoms with van der Waals surface area (Å²) < 4.78 is 0. The lowest BCUT2D eigenvalue weighted by Gasteiger charge is -2.17. The lowest BCUT2D eigenvalue weighted by molar-refractivity contribution is 0.0696. The molecule has 1 aromatic rings. The molecule has 0 spiro atoms. The average Bonchev–Trinajstić information content (AvgIpc) is 2.66. The number of carboxylic acid groups (broad SMARTS) is 1. The molecule has 1 aromatic carbocycles. The quantitative estimate of drug-likeness (QED) is 0.300. The number of rotatable bonds is 16. The smallest absolute Gasteiger partial charge is 0.335 e. The van der Waals surface area contributed by atoms with Crippen LogP contribution in [0.1, 0.15) is 125 Å². The minimum Gasteiger partial charge on any atom is -0.478 e. The van der Waals surface area contributed by atoms with Crippen molar-refractivity contribution < 1.29 is 9.90 Å². The van der Waals surface area contributed by atoms with E-state index in [1.54, 1.807) is 0 Å². The zero-order valence-electron chi connectivity index (χ0n) is 18.1. The van der Waals surface area contributed by atoms with Crippen LogP contribution in [0.25, 0.3) is 0 Å². The first-order valence-electron chi connectivity index (χ1n) is 11.5. The fraction of sp³-hybridized carbons (Fsp3) is 0.720. The first-order chi connectivity index (χ1) is 13.1. The monoisotopic (exact) mass is 374 g/mol. The molecular weight excluding hydrogens is 332 g/mol. The molecule has 2 nitrogen and oxygen atoms in total. The van der Waals surface area contributed by atoms with Crippen LogP contribution in [0.4, 0.5) is 0 Å². The molecule has 0 atom stereocenters. The van der Waals surface area contributed by atoms with E-state index in [0.717, 1.165) is 19.3 Å². The average molecular weight is 375 g/mol. The first-order valence-corrected chi connectivity index (χ1v) is 11.5. The van der Waals surface area contributed by atoms with Crippen molar-refractivity contribution in [2.45, 2.75) is 117 Å². The van der Waals surface area contributed by atoms with Gasteiger partial charge in [-0.25, -0.2) is 4.79 Å². The van der Waals surface area contributed by atoms with Gasteiger partial charge in [0.05, 0.1) is 5.56 Å². The minimum atomic E-state index is -0.780. The van der Waals surface area contributed by atoms with E-state index in [-0.39, 0.29) is 0 Å². The third-order valence-corrected chi connectivity index (χ3v) is 5.56. The van der Waals surface area contributed by atoms with E-state index in [9.17, 15) is 9.90 Å². The molecule has 0 aromatic heterocycles. The molecule has 1 N–H and O–H groups in total. The topological polar surface area (TPSA) is 37.3 Å². The van der Waals surface area contributed by atoms with Crippen molar-refractivity contribution in [3.05, 3.63) is 34.4 Å². The van der Waals surface area contributed by atoms with Crippen LogP contribution in [-0.4, -0.2) is 11.1 Å². The van der Waals surface area contributed by atoms with E-state index in [0.29, 0.717) is 5.56 Å². The molecule has 0 saturated carbocycles. The Morgan fingerprint density at radius 3 is 1.44 bits per heavy atom. The Morgan fingerprint density at radius 1 is 0.667 bits per heavy atom. The second-order valence-corrected chi connectivity index (χ2v) is 8.01. The van der Waals surface area contributed by atoms with Crippen molar-refractivity contribution in [3.8, 4) is 0 Å². The molecular formula is C25H42O2. The highest BCUT2D eigenvalue weighted by molar-refractivity contribution is 5.88. The zero-order valence-corrected chi connectivity index (χ0v) is 18.1. The van der Waals surface area contributed by atoms with Crippen molar-refractivity contribution in [1.29, 1.82) is 0 Å². The van der Waals surface area contributed by atoms with Crippen molar-refractivity contribution in [1.82, 2.24) is 0 Å². The summed E-state index contributed by atoms with van der Waals surface area (Å²) in [5.74, 6) is -0.780. The van der Waals surface area contributed by atoms with Crippen LogP contribution in [0, 0.1) is 0 Å². The standard InChI is InChI=1S/C25H42O2/c1-4-7-10-13-16-21-19-23(25(26)27)20-22(17-14-11-8-5-2)24(21)18-15-12-9-6-3/h19-20H,4-18H2,1-3H3,(H,26,27). The summed E-state index contributed by atoms with van der Waals surface area (Å²) in [6.45, 7) is 6.72. The van der Waals surface area contributed by atoms with Gasteiger partial charge in [0, 0.05) is 0 Å². The molecule has 27 heavy (non-hydrogen) atoms. The molecule has 0 saturated heterocycles. The van der Waals surface area contributed by atoms with Crippen LogP contribution in [0.5, 0.6) is 0 Å². The number of benzene rings is 1. The Kier molecular flexibility index (Phi) is 12.9. The molecule has 0 unspecified atom stereocenters. The third kappa shape index (κ3) is 9.44. The number of hydrogen-bond acceptors (Lipinski definition) is 1. The van der Waals surface area contributed by atoms with Gasteiger partial charge in [-0.2, -0.15) is 0 Å². The van der Waals surface area contributed by atoms with E-state index in [1.807, 2.05) is 12.1 Å². The number of unbranched alkanes of at least 4 members (excludes halogenated alkanes) is 9. The summed E-state index contributed by atoms with van der Waals surface area (Å²) in [5, 5.41) is 9.59. The van der Waals surface area contributed by atoms with Gasteiger partial charge in [-0.15, -0.1) is 0 Å². The van der Waals surface area contributed by atoms with E-state index < -0.39 is 5.97 Å². The van der Waals surface area contributed by atoms with Gasteiger partial charge in [-0.05, 0) is 67.3 Å². The Balaban J connectivity index is 2.99. The summed E-state index contributed by atoms with van der Waals surface area (Å²) >= 11 is 0. The second kappa shape index (κ2) is 14.7. The SMILES string of the molecule is CCCCCCc1cc(C(=O)O)cc(CCCCCC)c1CCCCCC. The Bertz CT molecular complexity index is 500. The van der Waals surface area contributed by atoms with Crippen LogP contribution >= 0.6 is 0 Å². The maximum Gasteiger partial charge on any atom is 0.335 e. The molecule has 0 fully saturated rings. The fourth-order valence-electron chi connectivity index (χ4n) is 3.90. The zero-order chi connectivity index (χ0) is 19.9. The normalized spacial score (nSPS) is 11.1. The van der Waals surface area contributed by atoms with Gasteiger partial charge in [-0.1, -0.05) is 78.6 Å². The van der Waals surface area contributed by atoms with Gasteiger partial charge in [0.2, 0.25) is 0 Å². The number of aryl methyl sites for hydroxylation is 2. The third-order valence-electron chi connectivity index (χ3n) is 5.56. The summed E-state index contributed by atoms with van der Waals surface area (Å²) in [6.07, 6.45) is 18.1. The van der Waals surface area contributed by atoms with Crippen LogP contribution in [0.3, 0.4) is 0 Å². The van der Waals surface area contributed by atoms with Gasteiger partial charge >= 0.3 is 5.97 Å². The predicted octanol–water partition coefficient (Wildman–Crippen LogP) is 7.75. The largest absolute Gasteiger partial charge is 0.478 e. The highest BCUT2D eigenvalue weighted by Gasteiger charge is 2.14. The van der Waals surface area contributed by atoms with Gasteiger partial charge < -0.3 is 5.11 Å². The van der Waals surface area contributed by atoms with E-state index in [2.05, 4.69) is 20.8 Å². The molecule has 0 radical (unpaired) electrons. The molecule has 0 amide bonds.